The summed E-state index contributed by atoms with van der Waals surface area (Å²) in [7, 11) is -1.21. The molecule has 0 rings (SSSR count). The predicted molar refractivity (Wildman–Crippen MR) is 92.6 cm³/mol. The van der Waals surface area contributed by atoms with Crippen LogP contribution in [0.25, 0.3) is 0 Å². The highest BCUT2D eigenvalue weighted by atomic mass is 28.3. The molecule has 0 aliphatic heterocycles. The highest BCUT2D eigenvalue weighted by Gasteiger charge is 2.18. The first kappa shape index (κ1) is 19.2. The number of hydrogen-bond acceptors (Lipinski definition) is 1. The van der Waals surface area contributed by atoms with Gasteiger partial charge in [-0.2, -0.15) is 0 Å². The average Bonchev–Trinajstić information content (AvgIpc) is 2.39. The molecule has 1 amide bonds. The minimum absolute atomic E-state index is 0.800. The smallest absolute Gasteiger partial charge is 0.209 e. The van der Waals surface area contributed by atoms with E-state index in [9.17, 15) is 4.79 Å². The van der Waals surface area contributed by atoms with Gasteiger partial charge in [0.2, 0.25) is 6.41 Å². The van der Waals surface area contributed by atoms with Crippen molar-refractivity contribution in [2.75, 3.05) is 13.1 Å². The molecule has 0 unspecified atom stereocenters. The number of carbonyl (C=O) groups excluding carboxylic acids is 1. The van der Waals surface area contributed by atoms with Gasteiger partial charge in [0.05, 0.1) is 8.07 Å². The van der Waals surface area contributed by atoms with E-state index in [2.05, 4.69) is 39.2 Å². The topological polar surface area (TPSA) is 20.3 Å². The number of amides is 1. The molecule has 0 saturated heterocycles. The van der Waals surface area contributed by atoms with Gasteiger partial charge in [0.1, 0.15) is 0 Å². The van der Waals surface area contributed by atoms with E-state index in [0.717, 1.165) is 38.8 Å². The summed E-state index contributed by atoms with van der Waals surface area (Å²) in [5.41, 5.74) is 0. The van der Waals surface area contributed by atoms with Crippen LogP contribution in [0.15, 0.2) is 23.9 Å². The molecule has 0 N–H and O–H groups in total. The molecule has 0 atom stereocenters. The van der Waals surface area contributed by atoms with E-state index in [1.165, 1.54) is 19.3 Å². The second-order valence-corrected chi connectivity index (χ2v) is 11.6. The van der Waals surface area contributed by atoms with Crippen molar-refractivity contribution in [3.05, 3.63) is 23.9 Å². The third-order valence-corrected chi connectivity index (χ3v) is 5.95. The number of nitrogens with zero attached hydrogens (tertiary/aromatic N) is 1. The lowest BCUT2D eigenvalue weighted by Gasteiger charge is -2.23. The first-order valence-corrected chi connectivity index (χ1v) is 11.5. The lowest BCUT2D eigenvalue weighted by atomic mass is 10.2. The Bertz CT molecular complexity index is 305. The van der Waals surface area contributed by atoms with E-state index in [-0.39, 0.29) is 0 Å². The monoisotopic (exact) mass is 295 g/mol. The molecule has 0 fully saturated rings. The van der Waals surface area contributed by atoms with Crippen LogP contribution in [0.5, 0.6) is 0 Å². The van der Waals surface area contributed by atoms with Gasteiger partial charge in [-0.15, -0.1) is 6.58 Å². The first-order valence-electron chi connectivity index (χ1n) is 7.95. The van der Waals surface area contributed by atoms with Crippen molar-refractivity contribution < 1.29 is 4.79 Å². The summed E-state index contributed by atoms with van der Waals surface area (Å²) in [6, 6.07) is 0. The lowest BCUT2D eigenvalue weighted by Crippen LogP contribution is -2.27. The molecule has 0 heterocycles. The molecule has 0 aliphatic rings. The molecule has 0 aromatic carbocycles. The fraction of sp³-hybridized carbons (Fsp3) is 0.706. The minimum Gasteiger partial charge on any atom is -0.345 e. The van der Waals surface area contributed by atoms with Crippen molar-refractivity contribution in [1.82, 2.24) is 4.90 Å². The number of unbranched alkanes of at least 4 members (excludes halogenated alkanes) is 2. The van der Waals surface area contributed by atoms with Gasteiger partial charge in [0.15, 0.2) is 0 Å². The first-order chi connectivity index (χ1) is 9.45. The molecule has 0 spiro atoms. The summed E-state index contributed by atoms with van der Waals surface area (Å²) in [5.74, 6) is 0. The van der Waals surface area contributed by atoms with Crippen molar-refractivity contribution in [2.45, 2.75) is 65.1 Å². The second kappa shape index (κ2) is 10.9. The SMILES string of the molecule is C=CCCN(C=O)CCC/C(=C/CCCC)[Si](C)(C)C. The summed E-state index contributed by atoms with van der Waals surface area (Å²) in [6.45, 7) is 14.9. The summed E-state index contributed by atoms with van der Waals surface area (Å²) in [5, 5.41) is 1.67. The number of hydrogen-bond donors (Lipinski definition) is 0. The van der Waals surface area contributed by atoms with Crippen LogP contribution >= 0.6 is 0 Å². The van der Waals surface area contributed by atoms with E-state index in [1.54, 1.807) is 5.20 Å². The Morgan fingerprint density at radius 1 is 1.15 bits per heavy atom. The van der Waals surface area contributed by atoms with Crippen LogP contribution in [-0.4, -0.2) is 32.5 Å². The fourth-order valence-electron chi connectivity index (χ4n) is 2.21. The third-order valence-electron chi connectivity index (χ3n) is 3.57. The summed E-state index contributed by atoms with van der Waals surface area (Å²) in [4.78, 5) is 12.9. The van der Waals surface area contributed by atoms with E-state index < -0.39 is 8.07 Å². The normalized spacial score (nSPS) is 12.3. The average molecular weight is 296 g/mol. The van der Waals surface area contributed by atoms with Gasteiger partial charge in [-0.05, 0) is 25.7 Å². The number of carbonyl (C=O) groups is 1. The van der Waals surface area contributed by atoms with Crippen LogP contribution in [0.1, 0.15) is 45.4 Å². The Kier molecular flexibility index (Phi) is 10.4. The third kappa shape index (κ3) is 9.13. The van der Waals surface area contributed by atoms with Gasteiger partial charge in [0.25, 0.3) is 0 Å². The van der Waals surface area contributed by atoms with Crippen molar-refractivity contribution in [3.8, 4) is 0 Å². The Balaban J connectivity index is 4.28. The molecule has 0 aromatic rings. The molecule has 116 valence electrons. The minimum atomic E-state index is -1.21. The van der Waals surface area contributed by atoms with E-state index in [1.807, 2.05) is 11.0 Å². The maximum Gasteiger partial charge on any atom is 0.209 e. The van der Waals surface area contributed by atoms with Crippen molar-refractivity contribution in [2.24, 2.45) is 0 Å². The molecule has 0 radical (unpaired) electrons. The molecular formula is C17H33NOSi. The van der Waals surface area contributed by atoms with Crippen LogP contribution in [0.3, 0.4) is 0 Å². The fourth-order valence-corrected chi connectivity index (χ4v) is 3.89. The van der Waals surface area contributed by atoms with Gasteiger partial charge < -0.3 is 4.90 Å². The van der Waals surface area contributed by atoms with E-state index in [0.29, 0.717) is 0 Å². The van der Waals surface area contributed by atoms with Crippen LogP contribution in [0.4, 0.5) is 0 Å². The quantitative estimate of drug-likeness (QED) is 0.219. The number of allylic oxidation sites excluding steroid dienone is 2. The lowest BCUT2D eigenvalue weighted by molar-refractivity contribution is -0.118. The van der Waals surface area contributed by atoms with Gasteiger partial charge >= 0.3 is 0 Å². The van der Waals surface area contributed by atoms with Gasteiger partial charge in [0, 0.05) is 13.1 Å². The van der Waals surface area contributed by atoms with Gasteiger partial charge in [-0.3, -0.25) is 4.79 Å². The highest BCUT2D eigenvalue weighted by Crippen LogP contribution is 2.21. The summed E-state index contributed by atoms with van der Waals surface area (Å²) in [6.07, 6.45) is 12.2. The predicted octanol–water partition coefficient (Wildman–Crippen LogP) is 4.80. The number of rotatable bonds is 12. The van der Waals surface area contributed by atoms with Crippen LogP contribution in [0.2, 0.25) is 19.6 Å². The largest absolute Gasteiger partial charge is 0.345 e. The molecule has 0 bridgehead atoms. The Morgan fingerprint density at radius 2 is 1.85 bits per heavy atom. The zero-order valence-electron chi connectivity index (χ0n) is 14.0. The maximum atomic E-state index is 11.0. The van der Waals surface area contributed by atoms with Crippen molar-refractivity contribution in [3.63, 3.8) is 0 Å². The maximum absolute atomic E-state index is 11.0. The Labute approximate surface area is 127 Å². The standard InChI is InChI=1S/C17H33NOSi/c1-6-8-10-12-17(20(3,4)5)13-11-15-18(16-19)14-9-7-2/h7,12,16H,2,6,8-11,13-15H2,1,3-5H3/b17-12-. The van der Waals surface area contributed by atoms with E-state index in [4.69, 9.17) is 0 Å². The van der Waals surface area contributed by atoms with Crippen LogP contribution < -0.4 is 0 Å². The van der Waals surface area contributed by atoms with Crippen LogP contribution in [0, 0.1) is 0 Å². The summed E-state index contributed by atoms with van der Waals surface area (Å²) >= 11 is 0. The Morgan fingerprint density at radius 3 is 2.35 bits per heavy atom. The van der Waals surface area contributed by atoms with Crippen LogP contribution in [-0.2, 0) is 4.79 Å². The highest BCUT2D eigenvalue weighted by molar-refractivity contribution is 6.83. The molecule has 3 heteroatoms. The van der Waals surface area contributed by atoms with Gasteiger partial charge in [-0.1, -0.05) is 56.8 Å². The van der Waals surface area contributed by atoms with E-state index >= 15 is 0 Å². The Hall–Kier alpha value is -0.833. The zero-order valence-corrected chi connectivity index (χ0v) is 15.0. The van der Waals surface area contributed by atoms with Crippen molar-refractivity contribution in [1.29, 1.82) is 0 Å². The molecule has 0 aromatic heterocycles. The van der Waals surface area contributed by atoms with Gasteiger partial charge in [-0.25, -0.2) is 0 Å². The molecular weight excluding hydrogens is 262 g/mol. The summed E-state index contributed by atoms with van der Waals surface area (Å²) < 4.78 is 0. The zero-order chi connectivity index (χ0) is 15.4. The molecule has 2 nitrogen and oxygen atoms in total. The second-order valence-electron chi connectivity index (χ2n) is 6.44. The van der Waals surface area contributed by atoms with Crippen molar-refractivity contribution >= 4 is 14.5 Å². The molecule has 0 aliphatic carbocycles. The molecule has 20 heavy (non-hydrogen) atoms. The molecule has 0 saturated carbocycles.